The molecule has 2 atom stereocenters. The molecular formula is C23H27NO5. The van der Waals surface area contributed by atoms with Gasteiger partial charge in [-0.2, -0.15) is 0 Å². The van der Waals surface area contributed by atoms with E-state index < -0.39 is 17.8 Å². The molecule has 154 valence electrons. The first-order valence-corrected chi connectivity index (χ1v) is 9.92. The van der Waals surface area contributed by atoms with Crippen LogP contribution in [0.4, 0.5) is 0 Å². The molecule has 2 aromatic rings. The number of carboxylic acids is 1. The van der Waals surface area contributed by atoms with Gasteiger partial charge in [0.15, 0.2) is 11.5 Å². The van der Waals surface area contributed by atoms with Gasteiger partial charge in [-0.05, 0) is 36.1 Å². The van der Waals surface area contributed by atoms with Crippen molar-refractivity contribution in [3.05, 3.63) is 59.7 Å². The highest BCUT2D eigenvalue weighted by molar-refractivity contribution is 5.84. The van der Waals surface area contributed by atoms with Crippen LogP contribution in [0, 0.1) is 11.8 Å². The van der Waals surface area contributed by atoms with Crippen molar-refractivity contribution in [2.45, 2.75) is 38.8 Å². The summed E-state index contributed by atoms with van der Waals surface area (Å²) in [7, 11) is 1.58. The first-order chi connectivity index (χ1) is 14.1. The molecule has 0 aromatic heterocycles. The van der Waals surface area contributed by atoms with Gasteiger partial charge in [0.1, 0.15) is 6.61 Å². The second kappa shape index (κ2) is 9.96. The number of methoxy groups -OCH3 is 1. The van der Waals surface area contributed by atoms with Gasteiger partial charge in [0.05, 0.1) is 18.9 Å². The highest BCUT2D eigenvalue weighted by Gasteiger charge is 2.35. The van der Waals surface area contributed by atoms with E-state index in [2.05, 4.69) is 5.32 Å². The van der Waals surface area contributed by atoms with Crippen LogP contribution in [-0.2, 0) is 22.7 Å². The number of rotatable bonds is 8. The van der Waals surface area contributed by atoms with Gasteiger partial charge in [0, 0.05) is 6.54 Å². The summed E-state index contributed by atoms with van der Waals surface area (Å²) in [6.07, 6.45) is 2.94. The van der Waals surface area contributed by atoms with Crippen LogP contribution < -0.4 is 14.8 Å². The molecule has 2 aromatic carbocycles. The molecule has 2 unspecified atom stereocenters. The maximum atomic E-state index is 12.5. The van der Waals surface area contributed by atoms with E-state index in [9.17, 15) is 14.7 Å². The Labute approximate surface area is 170 Å². The lowest BCUT2D eigenvalue weighted by Gasteiger charge is -2.27. The van der Waals surface area contributed by atoms with Crippen molar-refractivity contribution in [1.82, 2.24) is 5.32 Å². The number of aliphatic carboxylic acids is 1. The number of hydrogen-bond donors (Lipinski definition) is 2. The van der Waals surface area contributed by atoms with Crippen molar-refractivity contribution in [2.75, 3.05) is 7.11 Å². The molecule has 0 spiro atoms. The molecule has 29 heavy (non-hydrogen) atoms. The number of hydrogen-bond acceptors (Lipinski definition) is 4. The Balaban J connectivity index is 1.59. The fourth-order valence-corrected chi connectivity index (χ4v) is 3.74. The number of carboxylic acid groups (broad SMARTS) is 1. The quantitative estimate of drug-likeness (QED) is 0.708. The average Bonchev–Trinajstić information content (AvgIpc) is 2.76. The van der Waals surface area contributed by atoms with Crippen molar-refractivity contribution >= 4 is 11.9 Å². The number of carbonyl (C=O) groups excluding carboxylic acids is 1. The Morgan fingerprint density at radius 2 is 1.72 bits per heavy atom. The average molecular weight is 397 g/mol. The molecule has 1 aliphatic carbocycles. The van der Waals surface area contributed by atoms with E-state index >= 15 is 0 Å². The molecule has 0 bridgehead atoms. The first-order valence-electron chi connectivity index (χ1n) is 9.92. The number of ether oxygens (including phenoxy) is 2. The van der Waals surface area contributed by atoms with Crippen LogP contribution in [0.2, 0.25) is 0 Å². The summed E-state index contributed by atoms with van der Waals surface area (Å²) in [5, 5.41) is 12.2. The van der Waals surface area contributed by atoms with Crippen LogP contribution in [-0.4, -0.2) is 24.1 Å². The predicted octanol–water partition coefficient (Wildman–Crippen LogP) is 3.78. The zero-order chi connectivity index (χ0) is 20.6. The van der Waals surface area contributed by atoms with Gasteiger partial charge in [-0.1, -0.05) is 49.2 Å². The summed E-state index contributed by atoms with van der Waals surface area (Å²) in [6, 6.07) is 15.4. The second-order valence-corrected chi connectivity index (χ2v) is 7.31. The highest BCUT2D eigenvalue weighted by Crippen LogP contribution is 2.31. The minimum atomic E-state index is -0.883. The Kier molecular flexibility index (Phi) is 7.11. The van der Waals surface area contributed by atoms with Gasteiger partial charge in [0.2, 0.25) is 5.91 Å². The van der Waals surface area contributed by atoms with Crippen LogP contribution in [0.15, 0.2) is 48.5 Å². The van der Waals surface area contributed by atoms with E-state index in [0.717, 1.165) is 24.0 Å². The summed E-state index contributed by atoms with van der Waals surface area (Å²) in [5.74, 6) is -0.908. The molecule has 3 rings (SSSR count). The largest absolute Gasteiger partial charge is 0.493 e. The molecule has 1 fully saturated rings. The van der Waals surface area contributed by atoms with Gasteiger partial charge >= 0.3 is 5.97 Å². The Morgan fingerprint density at radius 3 is 2.41 bits per heavy atom. The smallest absolute Gasteiger partial charge is 0.307 e. The Hall–Kier alpha value is -3.02. The maximum Gasteiger partial charge on any atom is 0.307 e. The predicted molar refractivity (Wildman–Crippen MR) is 109 cm³/mol. The number of carbonyl (C=O) groups is 2. The van der Waals surface area contributed by atoms with Crippen LogP contribution in [0.5, 0.6) is 11.5 Å². The van der Waals surface area contributed by atoms with Crippen molar-refractivity contribution in [3.8, 4) is 11.5 Å². The highest BCUT2D eigenvalue weighted by atomic mass is 16.5. The molecule has 1 amide bonds. The lowest BCUT2D eigenvalue weighted by Crippen LogP contribution is -2.39. The fraction of sp³-hybridized carbons (Fsp3) is 0.391. The van der Waals surface area contributed by atoms with Gasteiger partial charge < -0.3 is 19.9 Å². The van der Waals surface area contributed by atoms with E-state index in [1.807, 2.05) is 48.5 Å². The Bertz CT molecular complexity index is 836. The van der Waals surface area contributed by atoms with Crippen LogP contribution in [0.1, 0.15) is 36.8 Å². The van der Waals surface area contributed by atoms with Gasteiger partial charge in [0.25, 0.3) is 0 Å². The molecule has 0 saturated heterocycles. The topological polar surface area (TPSA) is 84.9 Å². The Morgan fingerprint density at radius 1 is 1.00 bits per heavy atom. The maximum absolute atomic E-state index is 12.5. The standard InChI is InChI=1S/C23H27NO5/c1-28-21-13-17(11-12-20(21)29-15-16-7-3-2-4-8-16)14-24-22(25)18-9-5-6-10-19(18)23(26)27/h2-4,7-8,11-13,18-19H,5-6,9-10,14-15H2,1H3,(H,24,25)(H,26,27). The number of benzene rings is 2. The molecule has 1 aliphatic rings. The van der Waals surface area contributed by atoms with Crippen LogP contribution >= 0.6 is 0 Å². The zero-order valence-electron chi connectivity index (χ0n) is 16.6. The first kappa shape index (κ1) is 20.7. The summed E-state index contributed by atoms with van der Waals surface area (Å²) in [6.45, 7) is 0.753. The minimum absolute atomic E-state index is 0.194. The molecular weight excluding hydrogens is 370 g/mol. The normalized spacial score (nSPS) is 18.7. The molecule has 1 saturated carbocycles. The van der Waals surface area contributed by atoms with E-state index in [-0.39, 0.29) is 5.91 Å². The number of amides is 1. The van der Waals surface area contributed by atoms with Crippen LogP contribution in [0.25, 0.3) is 0 Å². The van der Waals surface area contributed by atoms with Gasteiger partial charge in [-0.15, -0.1) is 0 Å². The van der Waals surface area contributed by atoms with E-state index in [0.29, 0.717) is 37.5 Å². The lowest BCUT2D eigenvalue weighted by atomic mass is 9.78. The van der Waals surface area contributed by atoms with E-state index in [1.54, 1.807) is 7.11 Å². The van der Waals surface area contributed by atoms with E-state index in [1.165, 1.54) is 0 Å². The third-order valence-corrected chi connectivity index (χ3v) is 5.35. The number of nitrogens with one attached hydrogen (secondary N) is 1. The molecule has 2 N–H and O–H groups in total. The molecule has 0 heterocycles. The lowest BCUT2D eigenvalue weighted by molar-refractivity contribution is -0.148. The zero-order valence-corrected chi connectivity index (χ0v) is 16.6. The molecule has 0 aliphatic heterocycles. The van der Waals surface area contributed by atoms with Crippen molar-refractivity contribution in [3.63, 3.8) is 0 Å². The summed E-state index contributed by atoms with van der Waals surface area (Å²) >= 11 is 0. The summed E-state index contributed by atoms with van der Waals surface area (Å²) in [4.78, 5) is 24.0. The van der Waals surface area contributed by atoms with Crippen molar-refractivity contribution in [1.29, 1.82) is 0 Å². The summed E-state index contributed by atoms with van der Waals surface area (Å²) in [5.41, 5.74) is 1.93. The molecule has 6 heteroatoms. The molecule has 0 radical (unpaired) electrons. The fourth-order valence-electron chi connectivity index (χ4n) is 3.74. The van der Waals surface area contributed by atoms with Gasteiger partial charge in [-0.25, -0.2) is 0 Å². The van der Waals surface area contributed by atoms with Gasteiger partial charge in [-0.3, -0.25) is 9.59 Å². The third-order valence-electron chi connectivity index (χ3n) is 5.35. The second-order valence-electron chi connectivity index (χ2n) is 7.31. The SMILES string of the molecule is COc1cc(CNC(=O)C2CCCCC2C(=O)O)ccc1OCc1ccccc1. The monoisotopic (exact) mass is 397 g/mol. The third kappa shape index (κ3) is 5.50. The summed E-state index contributed by atoms with van der Waals surface area (Å²) < 4.78 is 11.3. The van der Waals surface area contributed by atoms with Crippen LogP contribution in [0.3, 0.4) is 0 Å². The molecule has 6 nitrogen and oxygen atoms in total. The minimum Gasteiger partial charge on any atom is -0.493 e. The van der Waals surface area contributed by atoms with Crippen molar-refractivity contribution in [2.24, 2.45) is 11.8 Å². The van der Waals surface area contributed by atoms with Crippen molar-refractivity contribution < 1.29 is 24.2 Å². The van der Waals surface area contributed by atoms with E-state index in [4.69, 9.17) is 9.47 Å².